The highest BCUT2D eigenvalue weighted by Gasteiger charge is 2.20. The summed E-state index contributed by atoms with van der Waals surface area (Å²) in [4.78, 5) is 14.7. The number of aromatic nitrogens is 2. The standard InChI is InChI=1S/C21H30N4O2/c1-3-11-25-12-9-18(10-13-25)22-19(26)7-8-20-23-24-21(27-20)15-17-6-4-5-16(2)14-17/h4-6,14,18H,3,7-13,15H2,1-2H3,(H,22,26). The van der Waals surface area contributed by atoms with E-state index in [0.29, 0.717) is 37.1 Å². The Bertz CT molecular complexity index is 735. The average Bonchev–Trinajstić information content (AvgIpc) is 3.09. The zero-order valence-electron chi connectivity index (χ0n) is 16.4. The molecule has 3 rings (SSSR count). The molecule has 6 heteroatoms. The minimum atomic E-state index is 0.0716. The number of carbonyl (C=O) groups excluding carboxylic acids is 1. The molecule has 0 unspecified atom stereocenters. The number of piperidine rings is 1. The molecule has 1 aliphatic heterocycles. The van der Waals surface area contributed by atoms with Crippen molar-refractivity contribution in [3.8, 4) is 0 Å². The number of aryl methyl sites for hydroxylation is 2. The number of rotatable bonds is 8. The van der Waals surface area contributed by atoms with Crippen LogP contribution >= 0.6 is 0 Å². The van der Waals surface area contributed by atoms with Crippen molar-refractivity contribution in [1.82, 2.24) is 20.4 Å². The van der Waals surface area contributed by atoms with Gasteiger partial charge in [-0.15, -0.1) is 10.2 Å². The topological polar surface area (TPSA) is 71.3 Å². The van der Waals surface area contributed by atoms with E-state index < -0.39 is 0 Å². The van der Waals surface area contributed by atoms with Crippen molar-refractivity contribution < 1.29 is 9.21 Å². The number of amides is 1. The zero-order valence-corrected chi connectivity index (χ0v) is 16.4. The molecule has 2 aromatic rings. The number of carbonyl (C=O) groups is 1. The molecule has 1 saturated heterocycles. The molecule has 1 aromatic heterocycles. The van der Waals surface area contributed by atoms with Crippen LogP contribution in [0.4, 0.5) is 0 Å². The molecule has 0 radical (unpaired) electrons. The molecule has 0 atom stereocenters. The highest BCUT2D eigenvalue weighted by molar-refractivity contribution is 5.76. The van der Waals surface area contributed by atoms with Crippen LogP contribution < -0.4 is 5.32 Å². The van der Waals surface area contributed by atoms with Crippen molar-refractivity contribution in [2.75, 3.05) is 19.6 Å². The smallest absolute Gasteiger partial charge is 0.220 e. The molecule has 1 aromatic carbocycles. The van der Waals surface area contributed by atoms with Crippen molar-refractivity contribution in [1.29, 1.82) is 0 Å². The van der Waals surface area contributed by atoms with Gasteiger partial charge in [-0.1, -0.05) is 36.8 Å². The first-order valence-electron chi connectivity index (χ1n) is 10.0. The Hall–Kier alpha value is -2.21. The quantitative estimate of drug-likeness (QED) is 0.774. The number of benzene rings is 1. The summed E-state index contributed by atoms with van der Waals surface area (Å²) in [7, 11) is 0. The Labute approximate surface area is 161 Å². The minimum absolute atomic E-state index is 0.0716. The van der Waals surface area contributed by atoms with Crippen LogP contribution in [0.1, 0.15) is 55.5 Å². The third kappa shape index (κ3) is 6.17. The Morgan fingerprint density at radius 1 is 1.26 bits per heavy atom. The molecule has 0 saturated carbocycles. The van der Waals surface area contributed by atoms with Crippen LogP contribution in [0.2, 0.25) is 0 Å². The second-order valence-corrected chi connectivity index (χ2v) is 7.44. The molecule has 0 spiro atoms. The van der Waals surface area contributed by atoms with E-state index in [1.54, 1.807) is 0 Å². The van der Waals surface area contributed by atoms with Crippen molar-refractivity contribution in [3.63, 3.8) is 0 Å². The van der Waals surface area contributed by atoms with E-state index in [9.17, 15) is 4.79 Å². The third-order valence-electron chi connectivity index (χ3n) is 5.00. The molecule has 0 aliphatic carbocycles. The van der Waals surface area contributed by atoms with Crippen molar-refractivity contribution in [2.45, 2.75) is 58.4 Å². The third-order valence-corrected chi connectivity index (χ3v) is 5.00. The fourth-order valence-electron chi connectivity index (χ4n) is 3.59. The van der Waals surface area contributed by atoms with E-state index in [4.69, 9.17) is 4.42 Å². The Morgan fingerprint density at radius 2 is 2.04 bits per heavy atom. The number of likely N-dealkylation sites (tertiary alicyclic amines) is 1. The number of hydrogen-bond acceptors (Lipinski definition) is 5. The maximum absolute atomic E-state index is 12.2. The van der Waals surface area contributed by atoms with Gasteiger partial charge in [-0.3, -0.25) is 4.79 Å². The summed E-state index contributed by atoms with van der Waals surface area (Å²) in [6.45, 7) is 7.57. The van der Waals surface area contributed by atoms with E-state index in [1.807, 2.05) is 6.07 Å². The lowest BCUT2D eigenvalue weighted by Gasteiger charge is -2.32. The van der Waals surface area contributed by atoms with E-state index in [0.717, 1.165) is 38.0 Å². The van der Waals surface area contributed by atoms with Gasteiger partial charge in [0.15, 0.2) is 0 Å². The normalized spacial score (nSPS) is 15.8. The predicted octanol–water partition coefficient (Wildman–Crippen LogP) is 2.89. The Kier molecular flexibility index (Phi) is 6.98. The summed E-state index contributed by atoms with van der Waals surface area (Å²) >= 11 is 0. The van der Waals surface area contributed by atoms with Crippen molar-refractivity contribution >= 4 is 5.91 Å². The Morgan fingerprint density at radius 3 is 2.78 bits per heavy atom. The number of nitrogens with zero attached hydrogens (tertiary/aromatic N) is 3. The van der Waals surface area contributed by atoms with Gasteiger partial charge in [0.1, 0.15) is 0 Å². The second-order valence-electron chi connectivity index (χ2n) is 7.44. The SMILES string of the molecule is CCCN1CCC(NC(=O)CCc2nnc(Cc3cccc(C)c3)o2)CC1. The fourth-order valence-corrected chi connectivity index (χ4v) is 3.59. The van der Waals surface area contributed by atoms with Gasteiger partial charge in [0.25, 0.3) is 0 Å². The summed E-state index contributed by atoms with van der Waals surface area (Å²) in [5, 5.41) is 11.3. The molecule has 1 aliphatic rings. The molecule has 6 nitrogen and oxygen atoms in total. The van der Waals surface area contributed by atoms with Gasteiger partial charge in [0.05, 0.1) is 6.42 Å². The molecular weight excluding hydrogens is 340 g/mol. The number of nitrogens with one attached hydrogen (secondary N) is 1. The maximum atomic E-state index is 12.2. The first-order valence-corrected chi connectivity index (χ1v) is 10.0. The van der Waals surface area contributed by atoms with E-state index in [1.165, 1.54) is 12.0 Å². The van der Waals surface area contributed by atoms with Crippen LogP contribution in [0.15, 0.2) is 28.7 Å². The largest absolute Gasteiger partial charge is 0.425 e. The van der Waals surface area contributed by atoms with Gasteiger partial charge in [-0.05, 0) is 38.3 Å². The molecule has 1 fully saturated rings. The summed E-state index contributed by atoms with van der Waals surface area (Å²) < 4.78 is 5.70. The van der Waals surface area contributed by atoms with Crippen LogP contribution in [0.25, 0.3) is 0 Å². The predicted molar refractivity (Wildman–Crippen MR) is 104 cm³/mol. The van der Waals surface area contributed by atoms with Crippen LogP contribution in [0.5, 0.6) is 0 Å². The minimum Gasteiger partial charge on any atom is -0.425 e. The highest BCUT2D eigenvalue weighted by Crippen LogP contribution is 2.13. The van der Waals surface area contributed by atoms with E-state index >= 15 is 0 Å². The van der Waals surface area contributed by atoms with Gasteiger partial charge < -0.3 is 14.6 Å². The molecule has 27 heavy (non-hydrogen) atoms. The second kappa shape index (κ2) is 9.65. The van der Waals surface area contributed by atoms with E-state index in [2.05, 4.69) is 52.5 Å². The Balaban J connectivity index is 1.40. The van der Waals surface area contributed by atoms with Crippen LogP contribution in [0.3, 0.4) is 0 Å². The lowest BCUT2D eigenvalue weighted by molar-refractivity contribution is -0.122. The van der Waals surface area contributed by atoms with Crippen molar-refractivity contribution in [3.05, 3.63) is 47.2 Å². The zero-order chi connectivity index (χ0) is 19.1. The van der Waals surface area contributed by atoms with E-state index in [-0.39, 0.29) is 5.91 Å². The summed E-state index contributed by atoms with van der Waals surface area (Å²) in [5.41, 5.74) is 2.36. The molecular formula is C21H30N4O2. The first-order chi connectivity index (χ1) is 13.1. The molecule has 1 N–H and O–H groups in total. The summed E-state index contributed by atoms with van der Waals surface area (Å²) in [6, 6.07) is 8.55. The van der Waals surface area contributed by atoms with Gasteiger partial charge in [0, 0.05) is 32.0 Å². The maximum Gasteiger partial charge on any atom is 0.220 e. The first kappa shape index (κ1) is 19.5. The lowest BCUT2D eigenvalue weighted by Crippen LogP contribution is -2.44. The van der Waals surface area contributed by atoms with Gasteiger partial charge >= 0.3 is 0 Å². The monoisotopic (exact) mass is 370 g/mol. The van der Waals surface area contributed by atoms with Gasteiger partial charge in [-0.2, -0.15) is 0 Å². The van der Waals surface area contributed by atoms with Gasteiger partial charge in [-0.25, -0.2) is 0 Å². The van der Waals surface area contributed by atoms with Crippen molar-refractivity contribution in [2.24, 2.45) is 0 Å². The highest BCUT2D eigenvalue weighted by atomic mass is 16.4. The summed E-state index contributed by atoms with van der Waals surface area (Å²) in [5.74, 6) is 1.20. The summed E-state index contributed by atoms with van der Waals surface area (Å²) in [6.07, 6.45) is 4.76. The molecule has 0 bridgehead atoms. The molecule has 1 amide bonds. The van der Waals surface area contributed by atoms with Crippen LogP contribution in [0, 0.1) is 6.92 Å². The van der Waals surface area contributed by atoms with Crippen LogP contribution in [-0.2, 0) is 17.6 Å². The molecule has 146 valence electrons. The number of hydrogen-bond donors (Lipinski definition) is 1. The average molecular weight is 370 g/mol. The molecule has 2 heterocycles. The fraction of sp³-hybridized carbons (Fsp3) is 0.571. The van der Waals surface area contributed by atoms with Gasteiger partial charge in [0.2, 0.25) is 17.7 Å². The van der Waals surface area contributed by atoms with Crippen LogP contribution in [-0.4, -0.2) is 46.7 Å². The lowest BCUT2D eigenvalue weighted by atomic mass is 10.0.